The molecule has 0 spiro atoms. The second-order valence-electron chi connectivity index (χ2n) is 4.85. The molecule has 2 heterocycles. The van der Waals surface area contributed by atoms with Crippen LogP contribution in [0.15, 0.2) is 18.2 Å². The maximum atomic E-state index is 9.01. The van der Waals surface area contributed by atoms with Crippen molar-refractivity contribution in [1.82, 2.24) is 14.6 Å². The number of fused-ring (bicyclic) bond motifs is 1. The molecule has 1 aromatic heterocycles. The van der Waals surface area contributed by atoms with E-state index in [0.717, 1.165) is 37.2 Å². The van der Waals surface area contributed by atoms with Gasteiger partial charge in [-0.1, -0.05) is 0 Å². The molecule has 0 amide bonds. The molecule has 6 nitrogen and oxygen atoms in total. The van der Waals surface area contributed by atoms with E-state index in [-0.39, 0.29) is 0 Å². The van der Waals surface area contributed by atoms with E-state index in [2.05, 4.69) is 28.0 Å². The van der Waals surface area contributed by atoms with Crippen molar-refractivity contribution in [3.05, 3.63) is 23.8 Å². The topological polar surface area (TPSA) is 74.1 Å². The third-order valence-corrected chi connectivity index (χ3v) is 3.55. The van der Waals surface area contributed by atoms with Gasteiger partial charge in [-0.15, -0.1) is 0 Å². The first-order valence-electron chi connectivity index (χ1n) is 6.31. The molecule has 0 bridgehead atoms. The highest BCUT2D eigenvalue weighted by atomic mass is 15.6. The highest BCUT2D eigenvalue weighted by Crippen LogP contribution is 2.20. The standard InChI is InChI=1S/C13H16N6/c1-17-4-6-18(7-5-17)19-12-8-10(9-14)2-3-11(12)16-13(19)15/h2-3,8H,4-7H2,1H3,(H2,15,16). The third kappa shape index (κ3) is 1.98. The number of aromatic nitrogens is 2. The minimum atomic E-state index is 0.481. The highest BCUT2D eigenvalue weighted by molar-refractivity contribution is 5.80. The quantitative estimate of drug-likeness (QED) is 0.798. The number of piperazine rings is 1. The molecular formula is C13H16N6. The van der Waals surface area contributed by atoms with Gasteiger partial charge < -0.3 is 15.6 Å². The number of likely N-dealkylation sites (N-methyl/N-ethyl adjacent to an activating group) is 1. The van der Waals surface area contributed by atoms with Gasteiger partial charge in [0.1, 0.15) is 0 Å². The van der Waals surface area contributed by atoms with E-state index in [1.165, 1.54) is 0 Å². The molecule has 6 heteroatoms. The molecule has 0 unspecified atom stereocenters. The van der Waals surface area contributed by atoms with Crippen LogP contribution in [0.1, 0.15) is 5.56 Å². The first kappa shape index (κ1) is 11.8. The first-order chi connectivity index (χ1) is 9.19. The van der Waals surface area contributed by atoms with E-state index in [0.29, 0.717) is 11.5 Å². The predicted octanol–water partition coefficient (Wildman–Crippen LogP) is 0.374. The zero-order valence-corrected chi connectivity index (χ0v) is 10.9. The zero-order valence-electron chi connectivity index (χ0n) is 10.9. The molecular weight excluding hydrogens is 240 g/mol. The smallest absolute Gasteiger partial charge is 0.220 e. The number of benzene rings is 1. The maximum absolute atomic E-state index is 9.01. The largest absolute Gasteiger partial charge is 0.368 e. The number of nitrogens with two attached hydrogens (primary N) is 1. The Morgan fingerprint density at radius 3 is 2.68 bits per heavy atom. The fraction of sp³-hybridized carbons (Fsp3) is 0.385. The molecule has 0 atom stereocenters. The Hall–Kier alpha value is -2.26. The van der Waals surface area contributed by atoms with Crippen LogP contribution in [0.3, 0.4) is 0 Å². The number of nitriles is 1. The van der Waals surface area contributed by atoms with Crippen molar-refractivity contribution in [3.8, 4) is 6.07 Å². The highest BCUT2D eigenvalue weighted by Gasteiger charge is 2.19. The zero-order chi connectivity index (χ0) is 13.4. The van der Waals surface area contributed by atoms with Crippen molar-refractivity contribution < 1.29 is 0 Å². The van der Waals surface area contributed by atoms with E-state index >= 15 is 0 Å². The predicted molar refractivity (Wildman–Crippen MR) is 74.3 cm³/mol. The van der Waals surface area contributed by atoms with Gasteiger partial charge in [0.2, 0.25) is 5.95 Å². The van der Waals surface area contributed by atoms with Crippen molar-refractivity contribution in [1.29, 1.82) is 5.26 Å². The molecule has 0 aliphatic carbocycles. The molecule has 1 saturated heterocycles. The lowest BCUT2D eigenvalue weighted by atomic mass is 10.2. The van der Waals surface area contributed by atoms with Crippen LogP contribution in [0.4, 0.5) is 5.95 Å². The summed E-state index contributed by atoms with van der Waals surface area (Å²) in [6, 6.07) is 7.61. The monoisotopic (exact) mass is 256 g/mol. The van der Waals surface area contributed by atoms with Gasteiger partial charge in [-0.2, -0.15) is 5.26 Å². The first-order valence-corrected chi connectivity index (χ1v) is 6.31. The molecule has 1 aliphatic heterocycles. The van der Waals surface area contributed by atoms with E-state index in [4.69, 9.17) is 11.0 Å². The maximum Gasteiger partial charge on any atom is 0.220 e. The average molecular weight is 256 g/mol. The second kappa shape index (κ2) is 4.44. The van der Waals surface area contributed by atoms with Crippen LogP contribution in [0.25, 0.3) is 11.0 Å². The number of anilines is 1. The summed E-state index contributed by atoms with van der Waals surface area (Å²) in [5.41, 5.74) is 8.38. The normalized spacial score (nSPS) is 16.7. The summed E-state index contributed by atoms with van der Waals surface area (Å²) >= 11 is 0. The van der Waals surface area contributed by atoms with Crippen LogP contribution in [0.5, 0.6) is 0 Å². The number of nitrogens with zero attached hydrogens (tertiary/aromatic N) is 5. The van der Waals surface area contributed by atoms with Crippen LogP contribution in [-0.4, -0.2) is 47.8 Å². The summed E-state index contributed by atoms with van der Waals surface area (Å²) in [6.45, 7) is 3.81. The number of imidazole rings is 1. The molecule has 2 aromatic rings. The van der Waals surface area contributed by atoms with Gasteiger partial charge in [0.05, 0.1) is 22.7 Å². The number of nitrogen functional groups attached to an aromatic ring is 1. The van der Waals surface area contributed by atoms with Crippen molar-refractivity contribution in [3.63, 3.8) is 0 Å². The van der Waals surface area contributed by atoms with Gasteiger partial charge in [-0.25, -0.2) is 9.66 Å². The molecule has 1 aromatic carbocycles. The van der Waals surface area contributed by atoms with E-state index < -0.39 is 0 Å². The summed E-state index contributed by atoms with van der Waals surface area (Å²) in [6.07, 6.45) is 0. The van der Waals surface area contributed by atoms with Gasteiger partial charge in [0.25, 0.3) is 0 Å². The Kier molecular flexibility index (Phi) is 2.76. The van der Waals surface area contributed by atoms with Crippen LogP contribution < -0.4 is 10.7 Å². The SMILES string of the molecule is CN1CCN(n2c(N)nc3ccc(C#N)cc32)CC1. The molecule has 19 heavy (non-hydrogen) atoms. The summed E-state index contributed by atoms with van der Waals surface area (Å²) in [4.78, 5) is 6.64. The Morgan fingerprint density at radius 2 is 2.00 bits per heavy atom. The van der Waals surface area contributed by atoms with Gasteiger partial charge in [0, 0.05) is 26.2 Å². The minimum Gasteiger partial charge on any atom is -0.368 e. The molecule has 3 rings (SSSR count). The Labute approximate surface area is 111 Å². The average Bonchev–Trinajstić information content (AvgIpc) is 2.75. The lowest BCUT2D eigenvalue weighted by Gasteiger charge is -2.35. The summed E-state index contributed by atoms with van der Waals surface area (Å²) in [7, 11) is 2.11. The third-order valence-electron chi connectivity index (χ3n) is 3.55. The summed E-state index contributed by atoms with van der Waals surface area (Å²) in [5, 5.41) is 11.2. The molecule has 0 radical (unpaired) electrons. The Bertz CT molecular complexity index is 645. The molecule has 98 valence electrons. The van der Waals surface area contributed by atoms with Crippen LogP contribution in [0, 0.1) is 11.3 Å². The van der Waals surface area contributed by atoms with Gasteiger partial charge in [0.15, 0.2) is 0 Å². The lowest BCUT2D eigenvalue weighted by molar-refractivity contribution is 0.290. The number of hydrogen-bond donors (Lipinski definition) is 1. The van der Waals surface area contributed by atoms with Crippen LogP contribution in [-0.2, 0) is 0 Å². The summed E-state index contributed by atoms with van der Waals surface area (Å²) < 4.78 is 1.93. The lowest BCUT2D eigenvalue weighted by Crippen LogP contribution is -2.50. The fourth-order valence-corrected chi connectivity index (χ4v) is 2.44. The molecule has 1 fully saturated rings. The van der Waals surface area contributed by atoms with Gasteiger partial charge in [-0.3, -0.25) is 0 Å². The van der Waals surface area contributed by atoms with Crippen molar-refractivity contribution in [2.45, 2.75) is 0 Å². The van der Waals surface area contributed by atoms with Gasteiger partial charge in [-0.05, 0) is 25.2 Å². The van der Waals surface area contributed by atoms with Crippen molar-refractivity contribution in [2.24, 2.45) is 0 Å². The summed E-state index contributed by atoms with van der Waals surface area (Å²) in [5.74, 6) is 0.481. The van der Waals surface area contributed by atoms with Gasteiger partial charge >= 0.3 is 0 Å². The fourth-order valence-electron chi connectivity index (χ4n) is 2.44. The number of hydrogen-bond acceptors (Lipinski definition) is 5. The van der Waals surface area contributed by atoms with E-state index in [1.807, 2.05) is 16.8 Å². The van der Waals surface area contributed by atoms with Crippen molar-refractivity contribution in [2.75, 3.05) is 44.0 Å². The Balaban J connectivity index is 2.07. The molecule has 1 aliphatic rings. The van der Waals surface area contributed by atoms with E-state index in [1.54, 1.807) is 6.07 Å². The second-order valence-corrected chi connectivity index (χ2v) is 4.85. The van der Waals surface area contributed by atoms with E-state index in [9.17, 15) is 0 Å². The Morgan fingerprint density at radius 1 is 1.26 bits per heavy atom. The minimum absolute atomic E-state index is 0.481. The van der Waals surface area contributed by atoms with Crippen molar-refractivity contribution >= 4 is 17.0 Å². The molecule has 2 N–H and O–H groups in total. The van der Waals surface area contributed by atoms with Crippen LogP contribution >= 0.6 is 0 Å². The van der Waals surface area contributed by atoms with Crippen LogP contribution in [0.2, 0.25) is 0 Å². The molecule has 0 saturated carbocycles. The number of rotatable bonds is 1.